The zero-order valence-corrected chi connectivity index (χ0v) is 14.1. The minimum atomic E-state index is -0.511. The van der Waals surface area contributed by atoms with E-state index in [0.29, 0.717) is 27.8 Å². The highest BCUT2D eigenvalue weighted by molar-refractivity contribution is 7.99. The Labute approximate surface area is 147 Å². The zero-order chi connectivity index (χ0) is 18.0. The Balaban J connectivity index is 2.07. The van der Waals surface area contributed by atoms with Gasteiger partial charge in [0.05, 0.1) is 18.4 Å². The Morgan fingerprint density at radius 1 is 1.48 bits per heavy atom. The molecule has 1 amide bonds. The number of nitrogens with zero attached hydrogens (tertiary/aromatic N) is 1. The molecule has 2 aromatic rings. The lowest BCUT2D eigenvalue weighted by Crippen LogP contribution is -2.31. The van der Waals surface area contributed by atoms with Crippen LogP contribution < -0.4 is 15.6 Å². The van der Waals surface area contributed by atoms with E-state index < -0.39 is 5.92 Å². The van der Waals surface area contributed by atoms with Crippen LogP contribution in [0.3, 0.4) is 0 Å². The fourth-order valence-corrected chi connectivity index (χ4v) is 3.28. The van der Waals surface area contributed by atoms with E-state index in [2.05, 4.69) is 21.2 Å². The summed E-state index contributed by atoms with van der Waals surface area (Å²) in [6, 6.07) is 4.80. The number of H-pyrrole nitrogens is 1. The summed E-state index contributed by atoms with van der Waals surface area (Å²) < 4.78 is 5.03. The SMILES string of the molecule is C#CCSc1nc2c(c(=O)[nH]1)C(c1ccc(OC)c(O)c1)CC(=O)N2. The summed E-state index contributed by atoms with van der Waals surface area (Å²) in [6.45, 7) is 0. The molecule has 1 aliphatic rings. The number of thioether (sulfide) groups is 1. The van der Waals surface area contributed by atoms with Gasteiger partial charge in [-0.3, -0.25) is 9.59 Å². The first-order valence-corrected chi connectivity index (χ1v) is 8.39. The number of hydrogen-bond donors (Lipinski definition) is 3. The number of hydrogen-bond acceptors (Lipinski definition) is 6. The molecule has 0 fully saturated rings. The number of methoxy groups -OCH3 is 1. The number of amides is 1. The highest BCUT2D eigenvalue weighted by atomic mass is 32.2. The van der Waals surface area contributed by atoms with Gasteiger partial charge in [0.2, 0.25) is 5.91 Å². The van der Waals surface area contributed by atoms with Crippen LogP contribution in [0.5, 0.6) is 11.5 Å². The standard InChI is InChI=1S/C17H15N3O4S/c1-3-6-25-17-19-15-14(16(23)20-17)10(8-13(22)18-15)9-4-5-12(24-2)11(21)7-9/h1,4-5,7,10,21H,6,8H2,2H3,(H2,18,19,20,22,23). The van der Waals surface area contributed by atoms with Crippen molar-refractivity contribution in [3.63, 3.8) is 0 Å². The van der Waals surface area contributed by atoms with E-state index >= 15 is 0 Å². The maximum Gasteiger partial charge on any atom is 0.257 e. The smallest absolute Gasteiger partial charge is 0.257 e. The predicted molar refractivity (Wildman–Crippen MR) is 94.2 cm³/mol. The van der Waals surface area contributed by atoms with Crippen LogP contribution in [0.15, 0.2) is 28.2 Å². The van der Waals surface area contributed by atoms with E-state index in [1.165, 1.54) is 24.9 Å². The van der Waals surface area contributed by atoms with Crippen molar-refractivity contribution in [2.24, 2.45) is 0 Å². The van der Waals surface area contributed by atoms with Crippen LogP contribution in [0.4, 0.5) is 5.82 Å². The molecule has 25 heavy (non-hydrogen) atoms. The molecule has 8 heteroatoms. The molecule has 2 heterocycles. The first-order valence-electron chi connectivity index (χ1n) is 7.40. The Morgan fingerprint density at radius 2 is 2.28 bits per heavy atom. The zero-order valence-electron chi connectivity index (χ0n) is 13.3. The van der Waals surface area contributed by atoms with E-state index in [-0.39, 0.29) is 29.5 Å². The van der Waals surface area contributed by atoms with Gasteiger partial charge in [-0.1, -0.05) is 23.7 Å². The number of carbonyl (C=O) groups excluding carboxylic acids is 1. The molecule has 0 spiro atoms. The number of benzene rings is 1. The van der Waals surface area contributed by atoms with Gasteiger partial charge >= 0.3 is 0 Å². The van der Waals surface area contributed by atoms with Crippen molar-refractivity contribution >= 4 is 23.5 Å². The Morgan fingerprint density at radius 3 is 2.96 bits per heavy atom. The number of aromatic amines is 1. The number of aromatic hydroxyl groups is 1. The highest BCUT2D eigenvalue weighted by Crippen LogP contribution is 2.37. The maximum absolute atomic E-state index is 12.5. The van der Waals surface area contributed by atoms with Crippen molar-refractivity contribution in [2.75, 3.05) is 18.2 Å². The lowest BCUT2D eigenvalue weighted by atomic mass is 9.86. The summed E-state index contributed by atoms with van der Waals surface area (Å²) in [5, 5.41) is 13.0. The van der Waals surface area contributed by atoms with Gasteiger partial charge < -0.3 is 20.1 Å². The molecule has 1 unspecified atom stereocenters. The average Bonchev–Trinajstić information content (AvgIpc) is 2.58. The molecule has 0 aliphatic carbocycles. The summed E-state index contributed by atoms with van der Waals surface area (Å²) in [7, 11) is 1.45. The molecule has 3 N–H and O–H groups in total. The molecule has 128 valence electrons. The van der Waals surface area contributed by atoms with Crippen LogP contribution in [0.25, 0.3) is 0 Å². The third-order valence-corrected chi connectivity index (χ3v) is 4.60. The number of nitrogens with one attached hydrogen (secondary N) is 2. The summed E-state index contributed by atoms with van der Waals surface area (Å²) in [5.41, 5.74) is 0.643. The van der Waals surface area contributed by atoms with E-state index in [1.807, 2.05) is 0 Å². The number of anilines is 1. The van der Waals surface area contributed by atoms with Crippen LogP contribution in [0, 0.1) is 12.3 Å². The van der Waals surface area contributed by atoms with Crippen LogP contribution in [-0.4, -0.2) is 33.8 Å². The molecular weight excluding hydrogens is 342 g/mol. The van der Waals surface area contributed by atoms with Gasteiger partial charge in [0, 0.05) is 12.3 Å². The fraction of sp³-hybridized carbons (Fsp3) is 0.235. The highest BCUT2D eigenvalue weighted by Gasteiger charge is 2.31. The molecule has 1 aromatic carbocycles. The Bertz CT molecular complexity index is 932. The van der Waals surface area contributed by atoms with Crippen molar-refractivity contribution < 1.29 is 14.6 Å². The largest absolute Gasteiger partial charge is 0.504 e. The van der Waals surface area contributed by atoms with Gasteiger partial charge in [0.25, 0.3) is 5.56 Å². The number of fused-ring (bicyclic) bond motifs is 1. The molecule has 1 atom stereocenters. The number of phenols is 1. The Hall–Kier alpha value is -2.92. The number of aromatic nitrogens is 2. The fourth-order valence-electron chi connectivity index (χ4n) is 2.74. The molecular formula is C17H15N3O4S. The van der Waals surface area contributed by atoms with Gasteiger partial charge in [-0.05, 0) is 17.7 Å². The number of terminal acetylenes is 1. The monoisotopic (exact) mass is 357 g/mol. The molecule has 0 saturated heterocycles. The second-order valence-corrected chi connectivity index (χ2v) is 6.33. The predicted octanol–water partition coefficient (Wildman–Crippen LogP) is 1.68. The van der Waals surface area contributed by atoms with Crippen LogP contribution in [0.1, 0.15) is 23.5 Å². The normalized spacial score (nSPS) is 15.8. The lowest BCUT2D eigenvalue weighted by molar-refractivity contribution is -0.116. The quantitative estimate of drug-likeness (QED) is 0.437. The first kappa shape index (κ1) is 16.9. The third kappa shape index (κ3) is 3.32. The molecule has 1 aliphatic heterocycles. The topological polar surface area (TPSA) is 104 Å². The number of ether oxygens (including phenoxy) is 1. The molecule has 7 nitrogen and oxygen atoms in total. The van der Waals surface area contributed by atoms with Crippen molar-refractivity contribution in [1.29, 1.82) is 0 Å². The minimum absolute atomic E-state index is 0.0573. The molecule has 3 rings (SSSR count). The van der Waals surface area contributed by atoms with Crippen molar-refractivity contribution in [3.8, 4) is 23.8 Å². The van der Waals surface area contributed by atoms with Gasteiger partial charge in [-0.25, -0.2) is 4.98 Å². The van der Waals surface area contributed by atoms with Crippen molar-refractivity contribution in [2.45, 2.75) is 17.5 Å². The lowest BCUT2D eigenvalue weighted by Gasteiger charge is -2.24. The van der Waals surface area contributed by atoms with Crippen LogP contribution in [-0.2, 0) is 4.79 Å². The molecule has 1 aromatic heterocycles. The summed E-state index contributed by atoms with van der Waals surface area (Å²) >= 11 is 1.20. The van der Waals surface area contributed by atoms with E-state index in [9.17, 15) is 14.7 Å². The number of carbonyl (C=O) groups is 1. The van der Waals surface area contributed by atoms with Gasteiger partial charge in [-0.15, -0.1) is 6.42 Å². The summed E-state index contributed by atoms with van der Waals surface area (Å²) in [4.78, 5) is 31.6. The van der Waals surface area contributed by atoms with E-state index in [1.54, 1.807) is 12.1 Å². The first-order chi connectivity index (χ1) is 12.0. The second kappa shape index (κ2) is 6.91. The van der Waals surface area contributed by atoms with E-state index in [0.717, 1.165) is 0 Å². The van der Waals surface area contributed by atoms with Gasteiger partial charge in [-0.2, -0.15) is 0 Å². The molecule has 0 bridgehead atoms. The van der Waals surface area contributed by atoms with Crippen LogP contribution in [0.2, 0.25) is 0 Å². The van der Waals surface area contributed by atoms with Crippen molar-refractivity contribution in [3.05, 3.63) is 39.7 Å². The molecule has 0 saturated carbocycles. The number of rotatable bonds is 4. The Kier molecular flexibility index (Phi) is 4.67. The second-order valence-electron chi connectivity index (χ2n) is 5.36. The maximum atomic E-state index is 12.5. The van der Waals surface area contributed by atoms with Crippen molar-refractivity contribution in [1.82, 2.24) is 9.97 Å². The third-order valence-electron chi connectivity index (χ3n) is 3.83. The average molecular weight is 357 g/mol. The number of phenolic OH excluding ortho intramolecular Hbond substituents is 1. The summed E-state index contributed by atoms with van der Waals surface area (Å²) in [6.07, 6.45) is 5.30. The van der Waals surface area contributed by atoms with Crippen LogP contribution >= 0.6 is 11.8 Å². The summed E-state index contributed by atoms with van der Waals surface area (Å²) in [5.74, 6) is 2.52. The van der Waals surface area contributed by atoms with Gasteiger partial charge in [0.15, 0.2) is 16.7 Å². The van der Waals surface area contributed by atoms with E-state index in [4.69, 9.17) is 11.2 Å². The molecule has 0 radical (unpaired) electrons. The van der Waals surface area contributed by atoms with Gasteiger partial charge in [0.1, 0.15) is 5.82 Å². The minimum Gasteiger partial charge on any atom is -0.504 e.